The lowest BCUT2D eigenvalue weighted by Crippen LogP contribution is -2.55. The van der Waals surface area contributed by atoms with Crippen LogP contribution in [0.25, 0.3) is 0 Å². The molecule has 346 valence electrons. The molecular weight excluding hydrogens is 833 g/mol. The van der Waals surface area contributed by atoms with Crippen molar-refractivity contribution < 1.29 is 29.3 Å². The molecule has 63 heavy (non-hydrogen) atoms. The molecule has 7 N–H and O–H groups in total. The van der Waals surface area contributed by atoms with Crippen molar-refractivity contribution in [1.82, 2.24) is 15.2 Å². The Hall–Kier alpha value is -3.36. The van der Waals surface area contributed by atoms with Crippen molar-refractivity contribution in [3.63, 3.8) is 0 Å². The fourth-order valence-corrected chi connectivity index (χ4v) is 15.9. The standard InChI is InChI=1S/C49H72N6O6S2/c1-33(56)60-39-15-13-36-27-37(44(59)45-40(36)16-14-35-10-8-12-41(35)61-45)31-55-32-47(30-43(55)58,29-34-17-23-52-42(50)26-34)22-24-53-46(51)54-49(21-9-20-48(49)18-5-6-19-48)63-62-25-7-3-2-4-11-38(57)28-39/h17,23,26-27,35,38-39,41,57,59H,2-16,18-22,24-25,28-32H2,1H3,(H2,50,52)(H3,51,53,54). The number of carbonyl (C=O) groups excluding carboxylic acids is 2. The third-order valence-corrected chi connectivity index (χ3v) is 18.8. The van der Waals surface area contributed by atoms with E-state index in [0.29, 0.717) is 87.0 Å². The van der Waals surface area contributed by atoms with E-state index in [2.05, 4.69) is 16.4 Å². The lowest BCUT2D eigenvalue weighted by Gasteiger charge is -2.44. The van der Waals surface area contributed by atoms with Crippen LogP contribution in [0.15, 0.2) is 29.4 Å². The van der Waals surface area contributed by atoms with Gasteiger partial charge in [-0.15, -0.1) is 0 Å². The maximum atomic E-state index is 14.3. The first-order valence-corrected chi connectivity index (χ1v) is 26.5. The van der Waals surface area contributed by atoms with Crippen LogP contribution in [-0.2, 0) is 40.1 Å². The highest BCUT2D eigenvalue weighted by molar-refractivity contribution is 8.77. The lowest BCUT2D eigenvalue weighted by atomic mass is 9.78. The number of aliphatic hydroxyl groups is 1. The molecule has 3 aliphatic heterocycles. The topological polar surface area (TPSA) is 186 Å². The van der Waals surface area contributed by atoms with Crippen LogP contribution >= 0.6 is 21.6 Å². The number of aromatic nitrogens is 1. The number of guanidine groups is 1. The molecule has 6 unspecified atom stereocenters. The SMILES string of the molecule is CC(=O)OC1CCc2cc(c(O)c3c2CCC2CCCC2O3)CN2CC(Cc3ccnc(N)c3)(CCN=C(N)NC3(CCCC34CCCC4)SSCCCCCCC(O)C1)CC2=O. The van der Waals surface area contributed by atoms with E-state index in [1.54, 1.807) is 6.20 Å². The second-order valence-electron chi connectivity index (χ2n) is 20.0. The highest BCUT2D eigenvalue weighted by atomic mass is 33.1. The molecular formula is C49H72N6O6S2. The van der Waals surface area contributed by atoms with Gasteiger partial charge in [0, 0.05) is 73.3 Å². The predicted molar refractivity (Wildman–Crippen MR) is 252 cm³/mol. The Bertz CT molecular complexity index is 1960. The highest BCUT2D eigenvalue weighted by Gasteiger charge is 2.57. The third-order valence-electron chi connectivity index (χ3n) is 15.5. The number of benzene rings is 1. The number of nitrogen functional groups attached to an aromatic ring is 1. The van der Waals surface area contributed by atoms with Crippen molar-refractivity contribution in [2.75, 3.05) is 24.6 Å². The molecule has 1 saturated heterocycles. The van der Waals surface area contributed by atoms with Crippen molar-refractivity contribution in [1.29, 1.82) is 0 Å². The van der Waals surface area contributed by atoms with Gasteiger partial charge in [0.05, 0.1) is 6.10 Å². The predicted octanol–water partition coefficient (Wildman–Crippen LogP) is 8.52. The van der Waals surface area contributed by atoms with Gasteiger partial charge >= 0.3 is 5.97 Å². The molecule has 12 nitrogen and oxygen atoms in total. The van der Waals surface area contributed by atoms with Crippen molar-refractivity contribution in [2.24, 2.45) is 27.5 Å². The number of hydrogen-bond acceptors (Lipinski definition) is 13. The highest BCUT2D eigenvalue weighted by Crippen LogP contribution is 2.63. The van der Waals surface area contributed by atoms with E-state index in [-0.39, 0.29) is 40.6 Å². The Kier molecular flexibility index (Phi) is 15.0. The number of hydrogen-bond donors (Lipinski definition) is 5. The van der Waals surface area contributed by atoms with Crippen LogP contribution in [0.4, 0.5) is 5.82 Å². The van der Waals surface area contributed by atoms with E-state index in [0.717, 1.165) is 86.7 Å². The van der Waals surface area contributed by atoms with E-state index in [1.165, 1.54) is 45.4 Å². The van der Waals surface area contributed by atoms with Gasteiger partial charge in [-0.05, 0) is 138 Å². The maximum absolute atomic E-state index is 14.3. The zero-order valence-electron chi connectivity index (χ0n) is 37.6. The average Bonchev–Trinajstić information content (AvgIpc) is 4.02. The molecule has 0 radical (unpaired) electrons. The summed E-state index contributed by atoms with van der Waals surface area (Å²) in [7, 11) is 3.95. The second kappa shape index (κ2) is 20.4. The first-order valence-electron chi connectivity index (χ1n) is 24.2. The summed E-state index contributed by atoms with van der Waals surface area (Å²) < 4.78 is 12.6. The fraction of sp³-hybridized carbons (Fsp3) is 0.714. The van der Waals surface area contributed by atoms with Crippen LogP contribution < -0.4 is 21.5 Å². The zero-order chi connectivity index (χ0) is 44.0. The third kappa shape index (κ3) is 10.9. The number of esters is 1. The number of phenols is 1. The van der Waals surface area contributed by atoms with Crippen LogP contribution in [0.3, 0.4) is 0 Å². The van der Waals surface area contributed by atoms with E-state index in [9.17, 15) is 19.8 Å². The minimum absolute atomic E-state index is 0.0301. The first kappa shape index (κ1) is 46.2. The Labute approximate surface area is 382 Å². The number of phenolic OH excluding ortho intramolecular Hbond substituents is 1. The van der Waals surface area contributed by atoms with Crippen molar-refractivity contribution >= 4 is 45.2 Å². The summed E-state index contributed by atoms with van der Waals surface area (Å²) in [6.45, 7) is 2.64. The summed E-state index contributed by atoms with van der Waals surface area (Å²) in [5.74, 6) is 2.78. The number of aryl methyl sites for hydroxylation is 1. The van der Waals surface area contributed by atoms with Crippen LogP contribution in [0.1, 0.15) is 158 Å². The molecule has 2 spiro atoms. The summed E-state index contributed by atoms with van der Waals surface area (Å²) in [6, 6.07) is 5.94. The number of anilines is 1. The number of rotatable bonds is 3. The van der Waals surface area contributed by atoms with Gasteiger partial charge in [0.25, 0.3) is 0 Å². The quantitative estimate of drug-likeness (QED) is 0.146. The van der Waals surface area contributed by atoms with Crippen LogP contribution in [-0.4, -0.2) is 80.0 Å². The molecule has 8 rings (SSSR count). The van der Waals surface area contributed by atoms with E-state index in [1.807, 2.05) is 38.6 Å². The minimum Gasteiger partial charge on any atom is -0.504 e. The molecule has 1 aromatic carbocycles. The molecule has 14 heteroatoms. The van der Waals surface area contributed by atoms with Crippen molar-refractivity contribution in [3.05, 3.63) is 46.6 Å². The van der Waals surface area contributed by atoms with Gasteiger partial charge in [0.2, 0.25) is 5.91 Å². The van der Waals surface area contributed by atoms with E-state index >= 15 is 0 Å². The Morgan fingerprint density at radius 1 is 0.968 bits per heavy atom. The normalized spacial score (nSPS) is 31.1. The molecule has 6 aliphatic rings. The summed E-state index contributed by atoms with van der Waals surface area (Å²) in [6.07, 6.45) is 22.1. The van der Waals surface area contributed by atoms with Gasteiger partial charge in [-0.25, -0.2) is 4.98 Å². The zero-order valence-corrected chi connectivity index (χ0v) is 39.2. The van der Waals surface area contributed by atoms with Crippen molar-refractivity contribution in [3.8, 4) is 11.5 Å². The summed E-state index contributed by atoms with van der Waals surface area (Å²) >= 11 is 0. The van der Waals surface area contributed by atoms with E-state index < -0.39 is 17.6 Å². The Morgan fingerprint density at radius 3 is 2.62 bits per heavy atom. The first-order chi connectivity index (χ1) is 30.4. The van der Waals surface area contributed by atoms with Gasteiger partial charge < -0.3 is 41.4 Å². The molecule has 1 amide bonds. The number of nitrogens with one attached hydrogen (secondary N) is 1. The number of aliphatic imine (C=N–C) groups is 1. The molecule has 4 bridgehead atoms. The molecule has 2 aromatic rings. The fourth-order valence-electron chi connectivity index (χ4n) is 12.3. The number of aromatic hydroxyl groups is 1. The second-order valence-corrected chi connectivity index (χ2v) is 22.7. The summed E-state index contributed by atoms with van der Waals surface area (Å²) in [5, 5.41) is 27.2. The number of carbonyl (C=O) groups is 2. The number of nitrogens with zero attached hydrogens (tertiary/aromatic N) is 3. The lowest BCUT2D eigenvalue weighted by molar-refractivity contribution is -0.148. The molecule has 6 atom stereocenters. The number of nitrogens with two attached hydrogens (primary N) is 2. The van der Waals surface area contributed by atoms with Crippen LogP contribution in [0.2, 0.25) is 0 Å². The molecule has 4 heterocycles. The van der Waals surface area contributed by atoms with Gasteiger partial charge in [-0.3, -0.25) is 14.6 Å². The number of aliphatic hydroxyl groups excluding tert-OH is 1. The number of pyridine rings is 1. The van der Waals surface area contributed by atoms with Gasteiger partial charge in [-0.1, -0.05) is 53.7 Å². The van der Waals surface area contributed by atoms with E-state index in [4.69, 9.17) is 25.9 Å². The molecule has 4 fully saturated rings. The average molecular weight is 905 g/mol. The molecule has 3 aliphatic carbocycles. The van der Waals surface area contributed by atoms with Crippen molar-refractivity contribution in [2.45, 2.75) is 184 Å². The van der Waals surface area contributed by atoms with Gasteiger partial charge in [0.1, 0.15) is 22.9 Å². The van der Waals surface area contributed by atoms with Crippen LogP contribution in [0, 0.1) is 16.7 Å². The Morgan fingerprint density at radius 2 is 1.79 bits per heavy atom. The van der Waals surface area contributed by atoms with Gasteiger partial charge in [0.15, 0.2) is 17.5 Å². The van der Waals surface area contributed by atoms with Crippen LogP contribution in [0.5, 0.6) is 11.5 Å². The summed E-state index contributed by atoms with van der Waals surface area (Å²) in [5.41, 5.74) is 16.6. The smallest absolute Gasteiger partial charge is 0.302 e. The summed E-state index contributed by atoms with van der Waals surface area (Å²) in [4.78, 5) is 37.6. The molecule has 3 saturated carbocycles. The number of ether oxygens (including phenoxy) is 2. The number of fused-ring (bicyclic) bond motifs is 8. The maximum Gasteiger partial charge on any atom is 0.302 e. The molecule has 1 aromatic heterocycles. The Balaban J connectivity index is 1.10. The number of amides is 1. The van der Waals surface area contributed by atoms with Gasteiger partial charge in [-0.2, -0.15) is 0 Å². The minimum atomic E-state index is -0.568. The monoisotopic (exact) mass is 904 g/mol. The largest absolute Gasteiger partial charge is 0.504 e.